The average molecular weight is 606 g/mol. The highest BCUT2D eigenvalue weighted by atomic mass is 35.5. The minimum atomic E-state index is 0. The summed E-state index contributed by atoms with van der Waals surface area (Å²) in [6.45, 7) is 5.64. The Balaban J connectivity index is 0.00000169. The Bertz CT molecular complexity index is 1170. The molecule has 2 saturated heterocycles. The van der Waals surface area contributed by atoms with E-state index >= 15 is 0 Å². The third-order valence-corrected chi connectivity index (χ3v) is 7.19. The highest BCUT2D eigenvalue weighted by molar-refractivity contribution is 6.33. The Morgan fingerprint density at radius 2 is 1.84 bits per heavy atom. The topological polar surface area (TPSA) is 74.8 Å². The van der Waals surface area contributed by atoms with E-state index in [1.165, 1.54) is 12.8 Å². The van der Waals surface area contributed by atoms with Crippen molar-refractivity contribution >= 4 is 76.9 Å². The molecule has 2 N–H and O–H groups in total. The average Bonchev–Trinajstić information content (AvgIpc) is 3.39. The van der Waals surface area contributed by atoms with Gasteiger partial charge < -0.3 is 29.9 Å². The second-order valence-electron chi connectivity index (χ2n) is 9.25. The number of hydrogen-bond acceptors (Lipinski definition) is 8. The second kappa shape index (κ2) is 15.0. The van der Waals surface area contributed by atoms with Crippen LogP contribution in [0.15, 0.2) is 36.7 Å². The van der Waals surface area contributed by atoms with Crippen LogP contribution in [-0.2, 0) is 0 Å². The summed E-state index contributed by atoms with van der Waals surface area (Å²) in [6.07, 6.45) is 5.06. The molecule has 3 aromatic rings. The number of piperazine rings is 1. The fraction of sp³-hybridized carbons (Fsp3) is 0.462. The molecule has 38 heavy (non-hydrogen) atoms. The molecule has 3 heterocycles. The zero-order valence-electron chi connectivity index (χ0n) is 21.6. The van der Waals surface area contributed by atoms with Gasteiger partial charge in [-0.1, -0.05) is 11.6 Å². The number of likely N-dealkylation sites (N-methyl/N-ethyl adjacent to an activating group) is 1. The largest absolute Gasteiger partial charge is 0.497 e. The van der Waals surface area contributed by atoms with Crippen molar-refractivity contribution in [1.82, 2.24) is 20.2 Å². The molecule has 8 nitrogen and oxygen atoms in total. The van der Waals surface area contributed by atoms with Gasteiger partial charge in [0, 0.05) is 50.4 Å². The van der Waals surface area contributed by atoms with Crippen molar-refractivity contribution in [3.63, 3.8) is 0 Å². The molecule has 0 bridgehead atoms. The zero-order chi connectivity index (χ0) is 24.2. The molecule has 2 aromatic carbocycles. The van der Waals surface area contributed by atoms with Crippen molar-refractivity contribution in [2.45, 2.75) is 25.3 Å². The summed E-state index contributed by atoms with van der Waals surface area (Å²) in [5, 5.41) is 8.53. The molecule has 1 unspecified atom stereocenters. The molecular formula is C26H36Cl4N6O2. The highest BCUT2D eigenvalue weighted by Crippen LogP contribution is 2.38. The van der Waals surface area contributed by atoms with E-state index in [2.05, 4.69) is 43.5 Å². The quantitative estimate of drug-likeness (QED) is 0.345. The van der Waals surface area contributed by atoms with Gasteiger partial charge >= 0.3 is 0 Å². The van der Waals surface area contributed by atoms with Crippen LogP contribution >= 0.6 is 48.8 Å². The first kappa shape index (κ1) is 32.3. The van der Waals surface area contributed by atoms with Crippen LogP contribution in [0.5, 0.6) is 11.5 Å². The molecule has 2 aliphatic heterocycles. The number of halogens is 4. The van der Waals surface area contributed by atoms with Crippen LogP contribution in [0.4, 0.5) is 17.2 Å². The van der Waals surface area contributed by atoms with Crippen molar-refractivity contribution < 1.29 is 9.47 Å². The molecule has 0 amide bonds. The van der Waals surface area contributed by atoms with Gasteiger partial charge in [-0.3, -0.25) is 0 Å². The fourth-order valence-electron chi connectivity index (χ4n) is 4.80. The number of nitrogens with one attached hydrogen (secondary N) is 2. The number of aromatic nitrogens is 2. The first-order valence-electron chi connectivity index (χ1n) is 12.3. The number of anilines is 3. The van der Waals surface area contributed by atoms with Gasteiger partial charge in [0.15, 0.2) is 0 Å². The van der Waals surface area contributed by atoms with Crippen LogP contribution in [0.3, 0.4) is 0 Å². The lowest BCUT2D eigenvalue weighted by Crippen LogP contribution is -2.44. The Kier molecular flexibility index (Phi) is 12.7. The predicted octanol–water partition coefficient (Wildman–Crippen LogP) is 5.57. The smallest absolute Gasteiger partial charge is 0.143 e. The zero-order valence-corrected chi connectivity index (χ0v) is 24.8. The SMILES string of the molecule is COc1ccc(Cl)c(Nc2ncnc3cc(OCCC4CCCN4)cc(N4CCN(C)CC4)c23)c1.Cl.Cl.Cl. The molecule has 1 atom stereocenters. The molecular weight excluding hydrogens is 570 g/mol. The number of ether oxygens (including phenoxy) is 2. The first-order valence-corrected chi connectivity index (χ1v) is 12.7. The minimum absolute atomic E-state index is 0. The fourth-order valence-corrected chi connectivity index (χ4v) is 4.96. The maximum atomic E-state index is 6.49. The number of hydrogen-bond donors (Lipinski definition) is 2. The van der Waals surface area contributed by atoms with Gasteiger partial charge in [-0.2, -0.15) is 0 Å². The molecule has 0 radical (unpaired) electrons. The van der Waals surface area contributed by atoms with E-state index in [-0.39, 0.29) is 37.2 Å². The highest BCUT2D eigenvalue weighted by Gasteiger charge is 2.21. The monoisotopic (exact) mass is 604 g/mol. The molecule has 2 aliphatic rings. The molecule has 210 valence electrons. The predicted molar refractivity (Wildman–Crippen MR) is 163 cm³/mol. The molecule has 0 saturated carbocycles. The van der Waals surface area contributed by atoms with Crippen molar-refractivity contribution in [3.8, 4) is 11.5 Å². The van der Waals surface area contributed by atoms with Crippen molar-refractivity contribution in [1.29, 1.82) is 0 Å². The van der Waals surface area contributed by atoms with Gasteiger partial charge in [-0.15, -0.1) is 37.2 Å². The maximum absolute atomic E-state index is 6.49. The van der Waals surface area contributed by atoms with Crippen LogP contribution < -0.4 is 25.0 Å². The maximum Gasteiger partial charge on any atom is 0.143 e. The molecule has 0 aliphatic carbocycles. The summed E-state index contributed by atoms with van der Waals surface area (Å²) < 4.78 is 11.6. The van der Waals surface area contributed by atoms with E-state index < -0.39 is 0 Å². The van der Waals surface area contributed by atoms with Crippen LogP contribution in [0, 0.1) is 0 Å². The first-order chi connectivity index (χ1) is 17.1. The van der Waals surface area contributed by atoms with Crippen molar-refractivity contribution in [3.05, 3.63) is 41.7 Å². The van der Waals surface area contributed by atoms with Crippen LogP contribution in [0.25, 0.3) is 10.9 Å². The number of benzene rings is 2. The van der Waals surface area contributed by atoms with Crippen LogP contribution in [0.1, 0.15) is 19.3 Å². The standard InChI is InChI=1S/C26H33ClN6O2.3ClH/c1-32-9-11-33(12-10-32)24-16-20(35-13-7-18-4-3-8-28-18)15-23-25(24)26(30-17-29-23)31-22-14-19(34-2)5-6-21(22)27;;;/h5-6,14-18,28H,3-4,7-13H2,1-2H3,(H,29,30,31);3*1H. The lowest BCUT2D eigenvalue weighted by atomic mass is 10.1. The van der Waals surface area contributed by atoms with Crippen LogP contribution in [-0.4, -0.2) is 74.4 Å². The normalized spacial score (nSPS) is 17.2. The Morgan fingerprint density at radius 1 is 1.05 bits per heavy atom. The number of fused-ring (bicyclic) bond motifs is 1. The lowest BCUT2D eigenvalue weighted by molar-refractivity contribution is 0.292. The third-order valence-electron chi connectivity index (χ3n) is 6.86. The van der Waals surface area contributed by atoms with Gasteiger partial charge in [0.25, 0.3) is 0 Å². The van der Waals surface area contributed by atoms with Crippen molar-refractivity contribution in [2.75, 3.05) is 63.7 Å². The summed E-state index contributed by atoms with van der Waals surface area (Å²) in [4.78, 5) is 14.0. The summed E-state index contributed by atoms with van der Waals surface area (Å²) in [7, 11) is 3.80. The van der Waals surface area contributed by atoms with Gasteiger partial charge in [0.1, 0.15) is 23.6 Å². The van der Waals surface area contributed by atoms with E-state index in [0.717, 1.165) is 72.9 Å². The van der Waals surface area contributed by atoms with Crippen molar-refractivity contribution in [2.24, 2.45) is 0 Å². The summed E-state index contributed by atoms with van der Waals surface area (Å²) >= 11 is 6.49. The molecule has 12 heteroatoms. The van der Waals surface area contributed by atoms with Crippen LogP contribution in [0.2, 0.25) is 5.02 Å². The number of rotatable bonds is 8. The third kappa shape index (κ3) is 7.58. The van der Waals surface area contributed by atoms with Gasteiger partial charge in [-0.25, -0.2) is 9.97 Å². The number of nitrogens with zero attached hydrogens (tertiary/aromatic N) is 4. The van der Waals surface area contributed by atoms with E-state index in [4.69, 9.17) is 21.1 Å². The summed E-state index contributed by atoms with van der Waals surface area (Å²) in [5.74, 6) is 2.27. The minimum Gasteiger partial charge on any atom is -0.497 e. The molecule has 1 aromatic heterocycles. The van der Waals surface area contributed by atoms with E-state index in [9.17, 15) is 0 Å². The molecule has 0 spiro atoms. The van der Waals surface area contributed by atoms with E-state index in [0.29, 0.717) is 23.5 Å². The summed E-state index contributed by atoms with van der Waals surface area (Å²) in [5.41, 5.74) is 2.65. The Morgan fingerprint density at radius 3 is 2.55 bits per heavy atom. The lowest BCUT2D eigenvalue weighted by Gasteiger charge is -2.35. The molecule has 5 rings (SSSR count). The Hall–Kier alpha value is -1.94. The summed E-state index contributed by atoms with van der Waals surface area (Å²) in [6, 6.07) is 10.2. The Labute approximate surface area is 248 Å². The van der Waals surface area contributed by atoms with E-state index in [1.807, 2.05) is 24.3 Å². The second-order valence-corrected chi connectivity index (χ2v) is 9.66. The molecule has 2 fully saturated rings. The van der Waals surface area contributed by atoms with Gasteiger partial charge in [0.05, 0.1) is 41.0 Å². The van der Waals surface area contributed by atoms with Gasteiger partial charge in [0.2, 0.25) is 0 Å². The van der Waals surface area contributed by atoms with Gasteiger partial charge in [-0.05, 0) is 45.0 Å². The number of methoxy groups -OCH3 is 1. The van der Waals surface area contributed by atoms with E-state index in [1.54, 1.807) is 13.4 Å².